The van der Waals surface area contributed by atoms with Crippen LogP contribution < -0.4 is 0 Å². The lowest BCUT2D eigenvalue weighted by atomic mass is 10.1. The second kappa shape index (κ2) is 1.95. The first-order valence-corrected chi connectivity index (χ1v) is 2.86. The zero-order valence-electron chi connectivity index (χ0n) is 5.63. The molecule has 1 heterocycles. The number of hydrogen-bond acceptors (Lipinski definition) is 3. The fourth-order valence-electron chi connectivity index (χ4n) is 0.833. The molecule has 0 radical (unpaired) electrons. The van der Waals surface area contributed by atoms with Crippen LogP contribution in [0.15, 0.2) is 5.29 Å². The lowest BCUT2D eigenvalue weighted by molar-refractivity contribution is 0.0324. The Balaban J connectivity index is 2.47. The van der Waals surface area contributed by atoms with Crippen molar-refractivity contribution in [1.29, 1.82) is 0 Å². The molecule has 0 aromatic carbocycles. The van der Waals surface area contributed by atoms with Gasteiger partial charge in [-0.15, -0.1) is 4.91 Å². The first-order valence-electron chi connectivity index (χ1n) is 2.86. The molecule has 1 aliphatic rings. The highest BCUT2D eigenvalue weighted by atomic mass is 16.5. The summed E-state index contributed by atoms with van der Waals surface area (Å²) in [4.78, 5) is 9.89. The lowest BCUT2D eigenvalue weighted by Gasteiger charge is -2.12. The van der Waals surface area contributed by atoms with Crippen molar-refractivity contribution in [3.8, 4) is 0 Å². The lowest BCUT2D eigenvalue weighted by Crippen LogP contribution is -2.24. The molecule has 0 N–H and O–H groups in total. The van der Waals surface area contributed by atoms with Gasteiger partial charge in [-0.2, -0.15) is 0 Å². The minimum Gasteiger partial charge on any atom is -0.352 e. The average Bonchev–Trinajstić information content (AvgIpc) is 2.10. The first-order chi connectivity index (χ1) is 4.14. The van der Waals surface area contributed by atoms with Gasteiger partial charge in [0.05, 0.1) is 17.4 Å². The Morgan fingerprint density at radius 1 is 1.67 bits per heavy atom. The van der Waals surface area contributed by atoms with Gasteiger partial charge in [-0.25, -0.2) is 5.01 Å². The largest absolute Gasteiger partial charge is 0.352 e. The predicted molar refractivity (Wildman–Crippen MR) is 32.5 cm³/mol. The van der Waals surface area contributed by atoms with E-state index in [2.05, 4.69) is 5.29 Å². The zero-order valence-corrected chi connectivity index (χ0v) is 5.63. The molecule has 0 unspecified atom stereocenters. The summed E-state index contributed by atoms with van der Waals surface area (Å²) < 4.78 is 5.18. The molecular weight excluding hydrogens is 120 g/mol. The Morgan fingerprint density at radius 2 is 2.33 bits per heavy atom. The number of nitrogens with zero attached hydrogens (tertiary/aromatic N) is 2. The van der Waals surface area contributed by atoms with E-state index in [1.807, 2.05) is 13.8 Å². The van der Waals surface area contributed by atoms with Crippen LogP contribution in [0.5, 0.6) is 0 Å². The minimum atomic E-state index is -0.200. The van der Waals surface area contributed by atoms with Crippen LogP contribution in [0.3, 0.4) is 0 Å². The highest BCUT2D eigenvalue weighted by Gasteiger charge is 2.29. The van der Waals surface area contributed by atoms with E-state index in [1.165, 1.54) is 5.01 Å². The Labute approximate surface area is 53.7 Å². The smallest absolute Gasteiger partial charge is 0.139 e. The summed E-state index contributed by atoms with van der Waals surface area (Å²) in [6.45, 7) is 4.78. The molecular formula is C5H10N2O2. The highest BCUT2D eigenvalue weighted by Crippen LogP contribution is 2.18. The van der Waals surface area contributed by atoms with Gasteiger partial charge in [0.25, 0.3) is 0 Å². The molecule has 1 fully saturated rings. The van der Waals surface area contributed by atoms with Crippen molar-refractivity contribution in [2.24, 2.45) is 5.29 Å². The van der Waals surface area contributed by atoms with Crippen molar-refractivity contribution in [3.63, 3.8) is 0 Å². The molecule has 0 aliphatic carbocycles. The molecule has 4 nitrogen and oxygen atoms in total. The Kier molecular flexibility index (Phi) is 1.40. The van der Waals surface area contributed by atoms with Gasteiger partial charge in [-0.05, 0) is 13.8 Å². The van der Waals surface area contributed by atoms with Gasteiger partial charge in [-0.3, -0.25) is 0 Å². The van der Waals surface area contributed by atoms with Crippen molar-refractivity contribution >= 4 is 0 Å². The van der Waals surface area contributed by atoms with Crippen LogP contribution in [-0.2, 0) is 4.74 Å². The molecule has 0 bridgehead atoms. The summed E-state index contributed by atoms with van der Waals surface area (Å²) in [5.41, 5.74) is -0.200. The standard InChI is InChI=1S/C5H10N2O2/c1-5(2)3-7(6-8)4-9-5/h3-4H2,1-2H3. The quantitative estimate of drug-likeness (QED) is 0.491. The molecule has 9 heavy (non-hydrogen) atoms. The van der Waals surface area contributed by atoms with E-state index in [0.717, 1.165) is 0 Å². The van der Waals surface area contributed by atoms with E-state index in [9.17, 15) is 4.91 Å². The SMILES string of the molecule is CC1(C)CN(N=O)CO1. The van der Waals surface area contributed by atoms with Gasteiger partial charge in [0.2, 0.25) is 0 Å². The van der Waals surface area contributed by atoms with E-state index in [-0.39, 0.29) is 5.60 Å². The third-order valence-electron chi connectivity index (χ3n) is 1.28. The van der Waals surface area contributed by atoms with Crippen LogP contribution in [0.2, 0.25) is 0 Å². The molecule has 1 aliphatic heterocycles. The van der Waals surface area contributed by atoms with Gasteiger partial charge >= 0.3 is 0 Å². The van der Waals surface area contributed by atoms with Crippen molar-refractivity contribution in [2.45, 2.75) is 19.4 Å². The maximum atomic E-state index is 9.89. The Bertz CT molecular complexity index is 124. The van der Waals surface area contributed by atoms with Crippen LogP contribution in [-0.4, -0.2) is 23.9 Å². The molecule has 0 amide bonds. The molecule has 0 saturated carbocycles. The van der Waals surface area contributed by atoms with Crippen molar-refractivity contribution in [3.05, 3.63) is 4.91 Å². The van der Waals surface area contributed by atoms with Crippen LogP contribution >= 0.6 is 0 Å². The Hall–Kier alpha value is -0.640. The van der Waals surface area contributed by atoms with Crippen molar-refractivity contribution < 1.29 is 4.74 Å². The maximum Gasteiger partial charge on any atom is 0.139 e. The third-order valence-corrected chi connectivity index (χ3v) is 1.28. The molecule has 0 atom stereocenters. The van der Waals surface area contributed by atoms with Crippen LogP contribution in [0.25, 0.3) is 0 Å². The third kappa shape index (κ3) is 1.38. The van der Waals surface area contributed by atoms with Gasteiger partial charge in [0.1, 0.15) is 6.73 Å². The van der Waals surface area contributed by atoms with Gasteiger partial charge < -0.3 is 4.74 Å². The molecule has 0 aromatic rings. The summed E-state index contributed by atoms with van der Waals surface area (Å²) in [5.74, 6) is 0. The van der Waals surface area contributed by atoms with Crippen LogP contribution in [0.1, 0.15) is 13.8 Å². The monoisotopic (exact) mass is 130 g/mol. The minimum absolute atomic E-state index is 0.200. The second-order valence-corrected chi connectivity index (χ2v) is 2.78. The van der Waals surface area contributed by atoms with Crippen molar-refractivity contribution in [1.82, 2.24) is 5.01 Å². The summed E-state index contributed by atoms with van der Waals surface area (Å²) in [6, 6.07) is 0. The average molecular weight is 130 g/mol. The van der Waals surface area contributed by atoms with E-state index in [1.54, 1.807) is 0 Å². The summed E-state index contributed by atoms with van der Waals surface area (Å²) in [6.07, 6.45) is 0. The second-order valence-electron chi connectivity index (χ2n) is 2.78. The van der Waals surface area contributed by atoms with E-state index >= 15 is 0 Å². The van der Waals surface area contributed by atoms with Crippen molar-refractivity contribution in [2.75, 3.05) is 13.3 Å². The number of nitroso groups, excluding NO2 is 1. The van der Waals surface area contributed by atoms with E-state index < -0.39 is 0 Å². The maximum absolute atomic E-state index is 9.89. The number of ether oxygens (including phenoxy) is 1. The fraction of sp³-hybridized carbons (Fsp3) is 1.00. The normalized spacial score (nSPS) is 24.4. The van der Waals surface area contributed by atoms with Gasteiger partial charge in [0, 0.05) is 0 Å². The molecule has 1 rings (SSSR count). The van der Waals surface area contributed by atoms with E-state index in [4.69, 9.17) is 4.74 Å². The predicted octanol–water partition coefficient (Wildman–Crippen LogP) is 0.736. The first kappa shape index (κ1) is 6.48. The summed E-state index contributed by atoms with van der Waals surface area (Å²) in [7, 11) is 0. The molecule has 0 spiro atoms. The highest BCUT2D eigenvalue weighted by molar-refractivity contribution is 4.76. The van der Waals surface area contributed by atoms with Gasteiger partial charge in [-0.1, -0.05) is 0 Å². The topological polar surface area (TPSA) is 41.9 Å². The summed E-state index contributed by atoms with van der Waals surface area (Å²) in [5, 5.41) is 4.10. The zero-order chi connectivity index (χ0) is 6.91. The molecule has 4 heteroatoms. The molecule has 0 aromatic heterocycles. The summed E-state index contributed by atoms with van der Waals surface area (Å²) >= 11 is 0. The molecule has 52 valence electrons. The van der Waals surface area contributed by atoms with Crippen LogP contribution in [0.4, 0.5) is 0 Å². The van der Waals surface area contributed by atoms with Crippen LogP contribution in [0, 0.1) is 4.91 Å². The fourth-order valence-corrected chi connectivity index (χ4v) is 0.833. The number of hydrogen-bond donors (Lipinski definition) is 0. The number of rotatable bonds is 1. The van der Waals surface area contributed by atoms with Gasteiger partial charge in [0.15, 0.2) is 0 Å². The molecule has 1 saturated heterocycles. The van der Waals surface area contributed by atoms with E-state index in [0.29, 0.717) is 13.3 Å². The Morgan fingerprint density at radius 3 is 2.56 bits per heavy atom.